The Labute approximate surface area is 54.4 Å². The molecule has 1 rings (SSSR count). The molecule has 1 aromatic heterocycles. The number of aryl methyl sites for hydroxylation is 1. The quantitative estimate of drug-likeness (QED) is 0.461. The summed E-state index contributed by atoms with van der Waals surface area (Å²) in [6.45, 7) is 0. The Hall–Kier alpha value is -0.206. The summed E-state index contributed by atoms with van der Waals surface area (Å²) in [6.07, 6.45) is 6.10. The minimum absolute atomic E-state index is 0. The third-order valence-corrected chi connectivity index (χ3v) is 0.576. The molecule has 1 heterocycles. The van der Waals surface area contributed by atoms with Crippen LogP contribution in [0.5, 0.6) is 0 Å². The van der Waals surface area contributed by atoms with Gasteiger partial charge in [0.15, 0.2) is 0 Å². The fraction of sp³-hybridized carbons (Fsp3) is 0.250. The van der Waals surface area contributed by atoms with Crippen LogP contribution in [0.15, 0.2) is 12.5 Å². The van der Waals surface area contributed by atoms with Gasteiger partial charge in [-0.15, -0.1) is 6.20 Å². The molecule has 0 fully saturated rings. The summed E-state index contributed by atoms with van der Waals surface area (Å²) < 4.78 is 1.83. The van der Waals surface area contributed by atoms with Crippen molar-refractivity contribution < 1.29 is 18.6 Å². The maximum Gasteiger partial charge on any atom is 2.00 e. The molecular formula is C4H5N2V+. The van der Waals surface area contributed by atoms with Crippen LogP contribution in [-0.4, -0.2) is 9.55 Å². The van der Waals surface area contributed by atoms with E-state index < -0.39 is 0 Å². The summed E-state index contributed by atoms with van der Waals surface area (Å²) in [4.78, 5) is 3.66. The number of nitrogens with zero attached hydrogens (tertiary/aromatic N) is 2. The summed E-state index contributed by atoms with van der Waals surface area (Å²) in [7, 11) is 1.91. The standard InChI is InChI=1S/C4H5N2.V/c1-6-3-2-5-4-6;/h3-4H,1H3;/q-1;+2. The van der Waals surface area contributed by atoms with Gasteiger partial charge in [0.25, 0.3) is 0 Å². The van der Waals surface area contributed by atoms with Gasteiger partial charge in [0.2, 0.25) is 0 Å². The minimum Gasteiger partial charge on any atom is -0.442 e. The van der Waals surface area contributed by atoms with Crippen LogP contribution in [0.4, 0.5) is 0 Å². The SMILES string of the molecule is Cn1c[c-]nc1.[V+2]. The number of imidazole rings is 1. The Morgan fingerprint density at radius 2 is 2.43 bits per heavy atom. The fourth-order valence-corrected chi connectivity index (χ4v) is 0.282. The predicted octanol–water partition coefficient (Wildman–Crippen LogP) is 0.218. The van der Waals surface area contributed by atoms with Crippen molar-refractivity contribution in [1.29, 1.82) is 0 Å². The number of hydrogen-bond acceptors (Lipinski definition) is 1. The van der Waals surface area contributed by atoms with Gasteiger partial charge in [0.05, 0.1) is 0 Å². The van der Waals surface area contributed by atoms with Crippen LogP contribution in [-0.2, 0) is 25.6 Å². The van der Waals surface area contributed by atoms with Gasteiger partial charge in [-0.05, 0) is 7.05 Å². The average molecular weight is 132 g/mol. The van der Waals surface area contributed by atoms with E-state index in [1.807, 2.05) is 11.6 Å². The second-order valence-electron chi connectivity index (χ2n) is 1.17. The largest absolute Gasteiger partial charge is 2.00 e. The van der Waals surface area contributed by atoms with Crippen LogP contribution in [0.25, 0.3) is 0 Å². The van der Waals surface area contributed by atoms with Crippen molar-refractivity contribution in [3.8, 4) is 0 Å². The Kier molecular flexibility index (Phi) is 2.80. The topological polar surface area (TPSA) is 17.8 Å². The van der Waals surface area contributed by atoms with E-state index in [4.69, 9.17) is 0 Å². The molecule has 0 aliphatic rings. The third-order valence-electron chi connectivity index (χ3n) is 0.576. The van der Waals surface area contributed by atoms with Gasteiger partial charge >= 0.3 is 18.6 Å². The van der Waals surface area contributed by atoms with Gasteiger partial charge in [0.1, 0.15) is 0 Å². The van der Waals surface area contributed by atoms with Crippen LogP contribution < -0.4 is 0 Å². The number of aromatic nitrogens is 2. The Bertz CT molecular complexity index is 113. The molecule has 0 aliphatic heterocycles. The Morgan fingerprint density at radius 3 is 2.57 bits per heavy atom. The van der Waals surface area contributed by atoms with E-state index in [1.54, 1.807) is 12.5 Å². The maximum atomic E-state index is 3.66. The van der Waals surface area contributed by atoms with Crippen LogP contribution in [0, 0.1) is 6.20 Å². The summed E-state index contributed by atoms with van der Waals surface area (Å²) in [5.74, 6) is 0. The third kappa shape index (κ3) is 1.81. The van der Waals surface area contributed by atoms with Crippen molar-refractivity contribution in [2.75, 3.05) is 0 Å². The van der Waals surface area contributed by atoms with Crippen molar-refractivity contribution in [3.63, 3.8) is 0 Å². The minimum atomic E-state index is 0. The zero-order valence-electron chi connectivity index (χ0n) is 4.00. The van der Waals surface area contributed by atoms with Crippen LogP contribution >= 0.6 is 0 Å². The zero-order valence-corrected chi connectivity index (χ0v) is 5.39. The molecule has 0 saturated heterocycles. The molecule has 0 bridgehead atoms. The van der Waals surface area contributed by atoms with E-state index >= 15 is 0 Å². The second-order valence-corrected chi connectivity index (χ2v) is 1.17. The van der Waals surface area contributed by atoms with Crippen molar-refractivity contribution in [3.05, 3.63) is 18.7 Å². The van der Waals surface area contributed by atoms with Gasteiger partial charge in [-0.1, -0.05) is 12.5 Å². The first-order valence-corrected chi connectivity index (χ1v) is 1.73. The molecule has 2 nitrogen and oxygen atoms in total. The van der Waals surface area contributed by atoms with Gasteiger partial charge in [-0.2, -0.15) is 0 Å². The van der Waals surface area contributed by atoms with E-state index in [1.165, 1.54) is 0 Å². The summed E-state index contributed by atoms with van der Waals surface area (Å²) >= 11 is 0. The maximum absolute atomic E-state index is 3.66. The molecule has 1 aromatic rings. The molecular weight excluding hydrogens is 127 g/mol. The van der Waals surface area contributed by atoms with Crippen molar-refractivity contribution in [1.82, 2.24) is 9.55 Å². The van der Waals surface area contributed by atoms with Crippen molar-refractivity contribution >= 4 is 0 Å². The van der Waals surface area contributed by atoms with E-state index in [0.717, 1.165) is 0 Å². The number of hydrogen-bond donors (Lipinski definition) is 0. The summed E-state index contributed by atoms with van der Waals surface area (Å²) in [6, 6.07) is 0. The van der Waals surface area contributed by atoms with Gasteiger partial charge in [0, 0.05) is 0 Å². The van der Waals surface area contributed by atoms with Gasteiger partial charge < -0.3 is 9.55 Å². The molecule has 0 unspecified atom stereocenters. The van der Waals surface area contributed by atoms with Crippen LogP contribution in [0.3, 0.4) is 0 Å². The first-order chi connectivity index (χ1) is 2.89. The number of rotatable bonds is 0. The molecule has 0 spiro atoms. The van der Waals surface area contributed by atoms with E-state index in [9.17, 15) is 0 Å². The van der Waals surface area contributed by atoms with E-state index in [-0.39, 0.29) is 18.6 Å². The van der Waals surface area contributed by atoms with E-state index in [2.05, 4.69) is 11.2 Å². The molecule has 0 N–H and O–H groups in total. The molecule has 7 heavy (non-hydrogen) atoms. The molecule has 0 amide bonds. The van der Waals surface area contributed by atoms with Gasteiger partial charge in [-0.3, -0.25) is 0 Å². The molecule has 3 heteroatoms. The monoisotopic (exact) mass is 132 g/mol. The predicted molar refractivity (Wildman–Crippen MR) is 22.0 cm³/mol. The molecule has 0 aliphatic carbocycles. The Morgan fingerprint density at radius 1 is 1.71 bits per heavy atom. The van der Waals surface area contributed by atoms with Crippen LogP contribution in [0.2, 0.25) is 0 Å². The first kappa shape index (κ1) is 6.79. The second kappa shape index (κ2) is 2.89. The zero-order chi connectivity index (χ0) is 4.41. The Balaban J connectivity index is 0.000000360. The molecule has 0 saturated carbocycles. The molecule has 35 valence electrons. The molecule has 0 atom stereocenters. The smallest absolute Gasteiger partial charge is 0.442 e. The van der Waals surface area contributed by atoms with Gasteiger partial charge in [-0.25, -0.2) is 0 Å². The normalized spacial score (nSPS) is 7.57. The molecule has 0 aromatic carbocycles. The first-order valence-electron chi connectivity index (χ1n) is 1.73. The fourth-order valence-electron chi connectivity index (χ4n) is 0.282. The van der Waals surface area contributed by atoms with Crippen LogP contribution in [0.1, 0.15) is 0 Å². The average Bonchev–Trinajstić information content (AvgIpc) is 1.86. The summed E-state index contributed by atoms with van der Waals surface area (Å²) in [5.41, 5.74) is 0. The summed E-state index contributed by atoms with van der Waals surface area (Å²) in [5, 5.41) is 0. The van der Waals surface area contributed by atoms with Crippen molar-refractivity contribution in [2.45, 2.75) is 0 Å². The van der Waals surface area contributed by atoms with E-state index in [0.29, 0.717) is 0 Å². The van der Waals surface area contributed by atoms with Crippen molar-refractivity contribution in [2.24, 2.45) is 7.05 Å². The molecule has 1 radical (unpaired) electrons.